The molecule has 0 amide bonds. The number of H-pyrrole nitrogens is 1. The van der Waals surface area contributed by atoms with Crippen molar-refractivity contribution in [3.05, 3.63) is 69.7 Å². The molecule has 0 fully saturated rings. The first kappa shape index (κ1) is 17.2. The zero-order valence-corrected chi connectivity index (χ0v) is 14.9. The van der Waals surface area contributed by atoms with E-state index in [1.807, 2.05) is 30.3 Å². The van der Waals surface area contributed by atoms with E-state index in [0.29, 0.717) is 21.4 Å². The predicted molar refractivity (Wildman–Crippen MR) is 99.2 cm³/mol. The van der Waals surface area contributed by atoms with Crippen LogP contribution in [-0.4, -0.2) is 28.2 Å². The molecule has 6 nitrogen and oxygen atoms in total. The fourth-order valence-corrected chi connectivity index (χ4v) is 2.37. The van der Waals surface area contributed by atoms with Gasteiger partial charge in [-0.15, -0.1) is 0 Å². The monoisotopic (exact) mass is 374 g/mol. The number of nitrogens with one attached hydrogen (secondary N) is 1. The number of halogens is 1. The fraction of sp³-hybridized carbons (Fsp3) is 0.118. The van der Waals surface area contributed by atoms with Gasteiger partial charge in [0.15, 0.2) is 5.82 Å². The van der Waals surface area contributed by atoms with Crippen LogP contribution >= 0.6 is 23.8 Å². The summed E-state index contributed by atoms with van der Waals surface area (Å²) in [5, 5.41) is 11.9. The molecule has 0 atom stereocenters. The molecule has 0 saturated heterocycles. The Morgan fingerprint density at radius 1 is 1.24 bits per heavy atom. The summed E-state index contributed by atoms with van der Waals surface area (Å²) in [6, 6.07) is 14.6. The maximum absolute atomic E-state index is 5.88. The second kappa shape index (κ2) is 7.96. The van der Waals surface area contributed by atoms with Crippen molar-refractivity contribution in [2.45, 2.75) is 6.61 Å². The Morgan fingerprint density at radius 2 is 2.00 bits per heavy atom. The number of hydrogen-bond donors (Lipinski definition) is 1. The minimum absolute atomic E-state index is 0.207. The number of hydrogen-bond acceptors (Lipinski definition) is 5. The first-order valence-electron chi connectivity index (χ1n) is 7.39. The van der Waals surface area contributed by atoms with Crippen LogP contribution in [0.3, 0.4) is 0 Å². The summed E-state index contributed by atoms with van der Waals surface area (Å²) in [6.45, 7) is 0.207. The van der Waals surface area contributed by atoms with Crippen LogP contribution in [0.15, 0.2) is 53.6 Å². The quantitative estimate of drug-likeness (QED) is 0.522. The highest BCUT2D eigenvalue weighted by Gasteiger charge is 2.06. The summed E-state index contributed by atoms with van der Waals surface area (Å²) in [7, 11) is 1.61. The van der Waals surface area contributed by atoms with Gasteiger partial charge in [-0.05, 0) is 42.0 Å². The average molecular weight is 375 g/mol. The number of aromatic nitrogens is 3. The van der Waals surface area contributed by atoms with E-state index in [2.05, 4.69) is 15.3 Å². The van der Waals surface area contributed by atoms with Crippen molar-refractivity contribution in [2.75, 3.05) is 7.11 Å². The van der Waals surface area contributed by atoms with Crippen LogP contribution in [0.5, 0.6) is 11.5 Å². The highest BCUT2D eigenvalue weighted by Crippen LogP contribution is 2.19. The third-order valence-corrected chi connectivity index (χ3v) is 3.84. The molecule has 0 aliphatic carbocycles. The first-order chi connectivity index (χ1) is 12.2. The van der Waals surface area contributed by atoms with Crippen LogP contribution < -0.4 is 9.47 Å². The SMILES string of the molecule is COc1cccc(OCc2n[nH]c(=S)n2/N=C\c2ccc(Cl)cc2)c1. The van der Waals surface area contributed by atoms with Gasteiger partial charge < -0.3 is 9.47 Å². The molecule has 3 aromatic rings. The maximum atomic E-state index is 5.88. The smallest absolute Gasteiger partial charge is 0.216 e. The van der Waals surface area contributed by atoms with Crippen LogP contribution in [0.1, 0.15) is 11.4 Å². The summed E-state index contributed by atoms with van der Waals surface area (Å²) in [5.41, 5.74) is 0.896. The van der Waals surface area contributed by atoms with E-state index in [-0.39, 0.29) is 6.61 Å². The van der Waals surface area contributed by atoms with Crippen molar-refractivity contribution in [3.63, 3.8) is 0 Å². The summed E-state index contributed by atoms with van der Waals surface area (Å²) in [5.74, 6) is 1.94. The van der Waals surface area contributed by atoms with E-state index < -0.39 is 0 Å². The average Bonchev–Trinajstić information content (AvgIpc) is 2.99. The van der Waals surface area contributed by atoms with Gasteiger partial charge in [-0.1, -0.05) is 29.8 Å². The zero-order chi connectivity index (χ0) is 17.6. The van der Waals surface area contributed by atoms with Crippen LogP contribution in [0.2, 0.25) is 5.02 Å². The van der Waals surface area contributed by atoms with Gasteiger partial charge in [0.05, 0.1) is 13.3 Å². The number of rotatable bonds is 6. The van der Waals surface area contributed by atoms with Crippen LogP contribution in [0.4, 0.5) is 0 Å². The largest absolute Gasteiger partial charge is 0.497 e. The highest BCUT2D eigenvalue weighted by molar-refractivity contribution is 7.71. The number of benzene rings is 2. The molecular formula is C17H15ClN4O2S. The van der Waals surface area contributed by atoms with Crippen molar-refractivity contribution in [3.8, 4) is 11.5 Å². The highest BCUT2D eigenvalue weighted by atomic mass is 35.5. The summed E-state index contributed by atoms with van der Waals surface area (Å²) < 4.78 is 12.8. The second-order valence-electron chi connectivity index (χ2n) is 5.02. The van der Waals surface area contributed by atoms with Crippen molar-refractivity contribution in [2.24, 2.45) is 5.10 Å². The molecule has 0 aliphatic heterocycles. The van der Waals surface area contributed by atoms with E-state index >= 15 is 0 Å². The van der Waals surface area contributed by atoms with E-state index in [9.17, 15) is 0 Å². The van der Waals surface area contributed by atoms with Gasteiger partial charge in [0.1, 0.15) is 18.1 Å². The van der Waals surface area contributed by atoms with Crippen molar-refractivity contribution >= 4 is 30.0 Å². The first-order valence-corrected chi connectivity index (χ1v) is 8.17. The Labute approximate surface area is 154 Å². The standard InChI is InChI=1S/C17H15ClN4O2S/c1-23-14-3-2-4-15(9-14)24-11-16-20-21-17(25)22(16)19-10-12-5-7-13(18)8-6-12/h2-10H,11H2,1H3,(H,21,25)/b19-10-. The van der Waals surface area contributed by atoms with Crippen molar-refractivity contribution in [1.82, 2.24) is 14.9 Å². The summed E-state index contributed by atoms with van der Waals surface area (Å²) in [6.07, 6.45) is 1.68. The van der Waals surface area contributed by atoms with Gasteiger partial charge in [0, 0.05) is 11.1 Å². The van der Waals surface area contributed by atoms with Crippen LogP contribution in [0.25, 0.3) is 0 Å². The fourth-order valence-electron chi connectivity index (χ4n) is 2.05. The molecule has 1 heterocycles. The Morgan fingerprint density at radius 3 is 2.76 bits per heavy atom. The van der Waals surface area contributed by atoms with E-state index in [0.717, 1.165) is 11.3 Å². The molecule has 0 radical (unpaired) electrons. The van der Waals surface area contributed by atoms with Gasteiger partial charge in [-0.3, -0.25) is 0 Å². The Bertz CT molecular complexity index is 934. The van der Waals surface area contributed by atoms with Crippen molar-refractivity contribution in [1.29, 1.82) is 0 Å². The molecule has 0 aliphatic rings. The molecule has 3 rings (SSSR count). The number of methoxy groups -OCH3 is 1. The second-order valence-corrected chi connectivity index (χ2v) is 5.84. The lowest BCUT2D eigenvalue weighted by atomic mass is 10.2. The summed E-state index contributed by atoms with van der Waals surface area (Å²) >= 11 is 11.1. The van der Waals surface area contributed by atoms with Crippen LogP contribution in [-0.2, 0) is 6.61 Å². The van der Waals surface area contributed by atoms with Gasteiger partial charge in [0.2, 0.25) is 4.77 Å². The number of nitrogens with zero attached hydrogens (tertiary/aromatic N) is 3. The minimum atomic E-state index is 0.207. The molecule has 0 bridgehead atoms. The third-order valence-electron chi connectivity index (χ3n) is 3.32. The normalized spacial score (nSPS) is 11.0. The van der Waals surface area contributed by atoms with Crippen LogP contribution in [0, 0.1) is 4.77 Å². The zero-order valence-electron chi connectivity index (χ0n) is 13.3. The van der Waals surface area contributed by atoms with Gasteiger partial charge in [-0.25, -0.2) is 5.10 Å². The lowest BCUT2D eigenvalue weighted by Gasteiger charge is -2.07. The molecule has 1 N–H and O–H groups in total. The van der Waals surface area contributed by atoms with Crippen molar-refractivity contribution < 1.29 is 9.47 Å². The molecule has 2 aromatic carbocycles. The number of ether oxygens (including phenoxy) is 2. The minimum Gasteiger partial charge on any atom is -0.497 e. The van der Waals surface area contributed by atoms with Gasteiger partial charge in [0.25, 0.3) is 0 Å². The molecule has 1 aromatic heterocycles. The topological polar surface area (TPSA) is 64.4 Å². The molecule has 0 unspecified atom stereocenters. The predicted octanol–water partition coefficient (Wildman–Crippen LogP) is 4.06. The third kappa shape index (κ3) is 4.46. The van der Waals surface area contributed by atoms with Gasteiger partial charge >= 0.3 is 0 Å². The summed E-state index contributed by atoms with van der Waals surface area (Å²) in [4.78, 5) is 0. The lowest BCUT2D eigenvalue weighted by Crippen LogP contribution is -2.04. The van der Waals surface area contributed by atoms with E-state index in [1.165, 1.54) is 4.68 Å². The van der Waals surface area contributed by atoms with E-state index in [1.54, 1.807) is 31.5 Å². The Balaban J connectivity index is 1.75. The number of aromatic amines is 1. The molecule has 0 spiro atoms. The molecular weight excluding hydrogens is 360 g/mol. The lowest BCUT2D eigenvalue weighted by molar-refractivity contribution is 0.288. The Kier molecular flexibility index (Phi) is 5.47. The van der Waals surface area contributed by atoms with E-state index in [4.69, 9.17) is 33.3 Å². The molecule has 25 heavy (non-hydrogen) atoms. The Hall–Kier alpha value is -2.64. The molecule has 8 heteroatoms. The maximum Gasteiger partial charge on any atom is 0.216 e. The van der Waals surface area contributed by atoms with Gasteiger partial charge in [-0.2, -0.15) is 14.9 Å². The molecule has 0 saturated carbocycles. The molecule has 128 valence electrons.